The topological polar surface area (TPSA) is 52.1 Å². The molecule has 0 saturated carbocycles. The zero-order valence-corrected chi connectivity index (χ0v) is 26.9. The van der Waals surface area contributed by atoms with Gasteiger partial charge in [0.1, 0.15) is 16.7 Å². The Morgan fingerprint density at radius 2 is 0.900 bits per heavy atom. The standard InChI is InChI=1S/C46H28N2O2/c1-2-12-29(13-3-1)30-14-9-18-34(27-30)43-42-39-21-5-7-25-41(39)50-46(42)48-45(47-43)35-19-10-16-32(28-35)31-15-8-17-33(26-31)36-22-11-23-38-37-20-4-6-24-40(37)49-44(36)38/h1-28H. The number of fused-ring (bicyclic) bond motifs is 6. The molecule has 0 bridgehead atoms. The quantitative estimate of drug-likeness (QED) is 0.188. The van der Waals surface area contributed by atoms with E-state index in [1.165, 1.54) is 0 Å². The van der Waals surface area contributed by atoms with Gasteiger partial charge in [-0.25, -0.2) is 4.98 Å². The molecule has 0 radical (unpaired) electrons. The van der Waals surface area contributed by atoms with Gasteiger partial charge in [0.25, 0.3) is 0 Å². The molecule has 3 heterocycles. The molecule has 0 unspecified atom stereocenters. The van der Waals surface area contributed by atoms with Crippen molar-refractivity contribution in [1.29, 1.82) is 0 Å². The Labute approximate surface area is 287 Å². The van der Waals surface area contributed by atoms with Gasteiger partial charge in [0.2, 0.25) is 5.71 Å². The highest BCUT2D eigenvalue weighted by molar-refractivity contribution is 6.11. The summed E-state index contributed by atoms with van der Waals surface area (Å²) in [6.45, 7) is 0. The van der Waals surface area contributed by atoms with Gasteiger partial charge >= 0.3 is 0 Å². The van der Waals surface area contributed by atoms with E-state index in [1.807, 2.05) is 36.4 Å². The molecule has 0 amide bonds. The lowest BCUT2D eigenvalue weighted by Gasteiger charge is -2.10. The van der Waals surface area contributed by atoms with Crippen molar-refractivity contribution in [3.05, 3.63) is 170 Å². The van der Waals surface area contributed by atoms with E-state index in [-0.39, 0.29) is 0 Å². The third kappa shape index (κ3) is 4.69. The van der Waals surface area contributed by atoms with E-state index in [0.717, 1.165) is 88.5 Å². The fraction of sp³-hybridized carbons (Fsp3) is 0. The average Bonchev–Trinajstić information content (AvgIpc) is 3.77. The fourth-order valence-corrected chi connectivity index (χ4v) is 7.12. The highest BCUT2D eigenvalue weighted by Gasteiger charge is 2.19. The summed E-state index contributed by atoms with van der Waals surface area (Å²) in [6.07, 6.45) is 0. The molecule has 3 aromatic heterocycles. The first-order chi connectivity index (χ1) is 24.8. The Morgan fingerprint density at radius 3 is 1.70 bits per heavy atom. The zero-order valence-electron chi connectivity index (χ0n) is 26.9. The number of para-hydroxylation sites is 3. The van der Waals surface area contributed by atoms with E-state index < -0.39 is 0 Å². The summed E-state index contributed by atoms with van der Waals surface area (Å²) in [7, 11) is 0. The number of nitrogens with zero attached hydrogens (tertiary/aromatic N) is 2. The zero-order chi connectivity index (χ0) is 33.0. The molecule has 0 saturated heterocycles. The van der Waals surface area contributed by atoms with Crippen LogP contribution in [0.25, 0.3) is 100 Å². The molecule has 7 aromatic carbocycles. The van der Waals surface area contributed by atoms with Gasteiger partial charge in [0.05, 0.1) is 11.1 Å². The molecule has 0 aliphatic rings. The Kier molecular flexibility index (Phi) is 6.46. The first kappa shape index (κ1) is 28.3. The monoisotopic (exact) mass is 640 g/mol. The summed E-state index contributed by atoms with van der Waals surface area (Å²) in [5.41, 5.74) is 12.5. The van der Waals surface area contributed by atoms with Crippen molar-refractivity contribution in [3.63, 3.8) is 0 Å². The number of hydrogen-bond acceptors (Lipinski definition) is 4. The summed E-state index contributed by atoms with van der Waals surface area (Å²) in [6, 6.07) is 58.7. The van der Waals surface area contributed by atoms with Crippen molar-refractivity contribution in [2.75, 3.05) is 0 Å². The van der Waals surface area contributed by atoms with Crippen LogP contribution in [0.5, 0.6) is 0 Å². The second-order valence-electron chi connectivity index (χ2n) is 12.6. The normalized spacial score (nSPS) is 11.6. The van der Waals surface area contributed by atoms with E-state index in [0.29, 0.717) is 11.5 Å². The van der Waals surface area contributed by atoms with Gasteiger partial charge in [-0.15, -0.1) is 0 Å². The summed E-state index contributed by atoms with van der Waals surface area (Å²) < 4.78 is 12.7. The molecule has 0 atom stereocenters. The van der Waals surface area contributed by atoms with Crippen LogP contribution in [0, 0.1) is 0 Å². The molecule has 0 aliphatic heterocycles. The minimum atomic E-state index is 0.572. The first-order valence-corrected chi connectivity index (χ1v) is 16.7. The Morgan fingerprint density at radius 1 is 0.360 bits per heavy atom. The Hall–Kier alpha value is -6.78. The lowest BCUT2D eigenvalue weighted by molar-refractivity contribution is 0.653. The van der Waals surface area contributed by atoms with E-state index in [2.05, 4.69) is 133 Å². The average molecular weight is 641 g/mol. The molecule has 10 aromatic rings. The molecule has 0 aliphatic carbocycles. The molecular weight excluding hydrogens is 613 g/mol. The van der Waals surface area contributed by atoms with Crippen molar-refractivity contribution in [3.8, 4) is 56.0 Å². The SMILES string of the molecule is c1ccc(-c2cccc(-c3nc(-c4cccc(-c5cccc(-c6cccc7c6oc6ccccc67)c5)c4)nc4oc5ccccc5c34)c2)cc1. The predicted molar refractivity (Wildman–Crippen MR) is 204 cm³/mol. The maximum atomic E-state index is 6.37. The highest BCUT2D eigenvalue weighted by Crippen LogP contribution is 2.39. The van der Waals surface area contributed by atoms with Crippen LogP contribution < -0.4 is 0 Å². The molecule has 4 heteroatoms. The molecular formula is C46H28N2O2. The van der Waals surface area contributed by atoms with Crippen LogP contribution in [0.3, 0.4) is 0 Å². The number of furan rings is 2. The van der Waals surface area contributed by atoms with E-state index in [4.69, 9.17) is 18.8 Å². The third-order valence-electron chi connectivity index (χ3n) is 9.51. The third-order valence-corrected chi connectivity index (χ3v) is 9.51. The van der Waals surface area contributed by atoms with Crippen molar-refractivity contribution in [1.82, 2.24) is 9.97 Å². The van der Waals surface area contributed by atoms with Crippen molar-refractivity contribution < 1.29 is 8.83 Å². The Bertz CT molecular complexity index is 2880. The van der Waals surface area contributed by atoms with Gasteiger partial charge in [0.15, 0.2) is 5.82 Å². The van der Waals surface area contributed by atoms with Crippen LogP contribution in [-0.4, -0.2) is 9.97 Å². The fourth-order valence-electron chi connectivity index (χ4n) is 7.12. The van der Waals surface area contributed by atoms with Crippen LogP contribution in [0.4, 0.5) is 0 Å². The van der Waals surface area contributed by atoms with Crippen LogP contribution in [-0.2, 0) is 0 Å². The second kappa shape index (κ2) is 11.4. The molecule has 234 valence electrons. The van der Waals surface area contributed by atoms with Gasteiger partial charge in [-0.3, -0.25) is 0 Å². The van der Waals surface area contributed by atoms with Gasteiger partial charge < -0.3 is 8.83 Å². The van der Waals surface area contributed by atoms with Crippen LogP contribution in [0.15, 0.2) is 179 Å². The summed E-state index contributed by atoms with van der Waals surface area (Å²) in [5.74, 6) is 0.613. The lowest BCUT2D eigenvalue weighted by Crippen LogP contribution is -1.94. The second-order valence-corrected chi connectivity index (χ2v) is 12.6. The van der Waals surface area contributed by atoms with Gasteiger partial charge in [-0.05, 0) is 58.1 Å². The molecule has 0 N–H and O–H groups in total. The lowest BCUT2D eigenvalue weighted by atomic mass is 9.96. The van der Waals surface area contributed by atoms with Crippen LogP contribution in [0.2, 0.25) is 0 Å². The minimum absolute atomic E-state index is 0.572. The number of aromatic nitrogens is 2. The van der Waals surface area contributed by atoms with Crippen molar-refractivity contribution in [2.24, 2.45) is 0 Å². The van der Waals surface area contributed by atoms with Crippen molar-refractivity contribution in [2.45, 2.75) is 0 Å². The first-order valence-electron chi connectivity index (χ1n) is 16.7. The summed E-state index contributed by atoms with van der Waals surface area (Å²) in [4.78, 5) is 10.3. The van der Waals surface area contributed by atoms with E-state index in [9.17, 15) is 0 Å². The largest absolute Gasteiger partial charge is 0.455 e. The predicted octanol–water partition coefficient (Wildman–Crippen LogP) is 12.6. The minimum Gasteiger partial charge on any atom is -0.455 e. The van der Waals surface area contributed by atoms with E-state index >= 15 is 0 Å². The number of rotatable bonds is 5. The molecule has 0 spiro atoms. The maximum Gasteiger partial charge on any atom is 0.231 e. The number of benzene rings is 7. The van der Waals surface area contributed by atoms with E-state index in [1.54, 1.807) is 0 Å². The summed E-state index contributed by atoms with van der Waals surface area (Å²) in [5, 5.41) is 4.16. The highest BCUT2D eigenvalue weighted by atomic mass is 16.3. The van der Waals surface area contributed by atoms with Gasteiger partial charge in [-0.2, -0.15) is 4.98 Å². The Balaban J connectivity index is 1.10. The number of hydrogen-bond donors (Lipinski definition) is 0. The maximum absolute atomic E-state index is 6.37. The molecule has 10 rings (SSSR count). The molecule has 0 fully saturated rings. The smallest absolute Gasteiger partial charge is 0.231 e. The summed E-state index contributed by atoms with van der Waals surface area (Å²) >= 11 is 0. The van der Waals surface area contributed by atoms with Crippen LogP contribution in [0.1, 0.15) is 0 Å². The molecule has 50 heavy (non-hydrogen) atoms. The van der Waals surface area contributed by atoms with Crippen LogP contribution >= 0.6 is 0 Å². The van der Waals surface area contributed by atoms with Crippen molar-refractivity contribution >= 4 is 44.0 Å². The van der Waals surface area contributed by atoms with Gasteiger partial charge in [0, 0.05) is 32.8 Å². The van der Waals surface area contributed by atoms with Gasteiger partial charge in [-0.1, -0.05) is 140 Å². The molecule has 4 nitrogen and oxygen atoms in total.